The van der Waals surface area contributed by atoms with E-state index >= 15 is 0 Å². The van der Waals surface area contributed by atoms with Crippen molar-refractivity contribution in [2.45, 2.75) is 58.1 Å². The Morgan fingerprint density at radius 1 is 1.32 bits per heavy atom. The fourth-order valence-electron chi connectivity index (χ4n) is 3.60. The maximum atomic E-state index is 12.8. The van der Waals surface area contributed by atoms with Gasteiger partial charge in [0.2, 0.25) is 11.8 Å². The number of rotatable bonds is 4. The molecule has 2 aliphatic rings. The summed E-state index contributed by atoms with van der Waals surface area (Å²) in [5.41, 5.74) is 0. The second kappa shape index (κ2) is 7.95. The quantitative estimate of drug-likeness (QED) is 0.877. The molecular formula is C17H27N5O3. The Bertz CT molecular complexity index is 617. The lowest BCUT2D eigenvalue weighted by molar-refractivity contribution is -0.142. The fraction of sp³-hybridized carbons (Fsp3) is 0.765. The van der Waals surface area contributed by atoms with Crippen LogP contribution in [0.4, 0.5) is 0 Å². The number of morpholine rings is 1. The van der Waals surface area contributed by atoms with Crippen molar-refractivity contribution < 1.29 is 14.3 Å². The number of aryl methyl sites for hydroxylation is 1. The molecule has 0 unspecified atom stereocenters. The molecule has 2 amide bonds. The number of aromatic nitrogens is 3. The number of hydrogen-bond acceptors (Lipinski definition) is 5. The highest BCUT2D eigenvalue weighted by molar-refractivity contribution is 5.79. The van der Waals surface area contributed by atoms with Crippen LogP contribution >= 0.6 is 0 Å². The van der Waals surface area contributed by atoms with Gasteiger partial charge in [0.1, 0.15) is 11.9 Å². The normalized spacial score (nSPS) is 24.4. The summed E-state index contributed by atoms with van der Waals surface area (Å²) >= 11 is 0. The van der Waals surface area contributed by atoms with Crippen LogP contribution in [0.3, 0.4) is 0 Å². The fourth-order valence-corrected chi connectivity index (χ4v) is 3.60. The first-order valence-electron chi connectivity index (χ1n) is 9.16. The topological polar surface area (TPSA) is 91.4 Å². The first-order valence-corrected chi connectivity index (χ1v) is 9.16. The highest BCUT2D eigenvalue weighted by Crippen LogP contribution is 2.23. The van der Waals surface area contributed by atoms with Crippen LogP contribution in [0.5, 0.6) is 0 Å². The molecule has 0 spiro atoms. The molecule has 1 aromatic heterocycles. The molecule has 8 nitrogen and oxygen atoms in total. The molecular weight excluding hydrogens is 322 g/mol. The van der Waals surface area contributed by atoms with Crippen LogP contribution in [0.1, 0.15) is 57.3 Å². The summed E-state index contributed by atoms with van der Waals surface area (Å²) in [6.07, 6.45) is 3.88. The minimum atomic E-state index is -0.287. The van der Waals surface area contributed by atoms with E-state index in [4.69, 9.17) is 4.74 Å². The number of ether oxygens (including phenoxy) is 1. The SMILES string of the molecule is CCc1nc([C@@H]2CN(C(=O)C[C@H]3CCCCN3C(C)=O)CCO2)n[nH]1. The number of nitrogens with one attached hydrogen (secondary N) is 1. The van der Waals surface area contributed by atoms with Gasteiger partial charge in [-0.25, -0.2) is 4.98 Å². The Kier molecular flexibility index (Phi) is 5.67. The molecule has 0 aromatic carbocycles. The van der Waals surface area contributed by atoms with Crippen LogP contribution in [0.2, 0.25) is 0 Å². The number of nitrogens with zero attached hydrogens (tertiary/aromatic N) is 4. The number of carbonyl (C=O) groups excluding carboxylic acids is 2. The van der Waals surface area contributed by atoms with Gasteiger partial charge in [0.05, 0.1) is 13.2 Å². The van der Waals surface area contributed by atoms with Crippen LogP contribution in [-0.4, -0.2) is 69.1 Å². The Balaban J connectivity index is 1.60. The standard InChI is InChI=1S/C17H27N5O3/c1-3-15-18-17(20-19-15)14-11-21(8-9-25-14)16(24)10-13-6-4-5-7-22(13)12(2)23/h13-14H,3-11H2,1-2H3,(H,18,19,20)/t13-,14+/m1/s1. The number of carbonyl (C=O) groups is 2. The van der Waals surface area contributed by atoms with Gasteiger partial charge in [-0.2, -0.15) is 5.10 Å². The van der Waals surface area contributed by atoms with Crippen molar-refractivity contribution in [3.63, 3.8) is 0 Å². The van der Waals surface area contributed by atoms with Crippen LogP contribution in [0.25, 0.3) is 0 Å². The lowest BCUT2D eigenvalue weighted by atomic mass is 9.98. The van der Waals surface area contributed by atoms with Crippen molar-refractivity contribution >= 4 is 11.8 Å². The average molecular weight is 349 g/mol. The molecule has 0 bridgehead atoms. The van der Waals surface area contributed by atoms with Gasteiger partial charge < -0.3 is 14.5 Å². The first kappa shape index (κ1) is 17.8. The van der Waals surface area contributed by atoms with E-state index in [0.717, 1.165) is 38.1 Å². The average Bonchev–Trinajstić information content (AvgIpc) is 3.11. The minimum Gasteiger partial charge on any atom is -0.366 e. The van der Waals surface area contributed by atoms with E-state index in [1.165, 1.54) is 0 Å². The van der Waals surface area contributed by atoms with E-state index in [1.807, 2.05) is 16.7 Å². The summed E-state index contributed by atoms with van der Waals surface area (Å²) in [6, 6.07) is 0.0234. The van der Waals surface area contributed by atoms with Crippen molar-refractivity contribution in [1.82, 2.24) is 25.0 Å². The molecule has 8 heteroatoms. The van der Waals surface area contributed by atoms with E-state index in [1.54, 1.807) is 6.92 Å². The summed E-state index contributed by atoms with van der Waals surface area (Å²) in [5.74, 6) is 1.57. The summed E-state index contributed by atoms with van der Waals surface area (Å²) < 4.78 is 5.75. The second-order valence-electron chi connectivity index (χ2n) is 6.76. The zero-order valence-electron chi connectivity index (χ0n) is 15.0. The van der Waals surface area contributed by atoms with Gasteiger partial charge in [0.15, 0.2) is 5.82 Å². The van der Waals surface area contributed by atoms with Gasteiger partial charge in [-0.1, -0.05) is 6.92 Å². The molecule has 1 aromatic rings. The third-order valence-corrected chi connectivity index (χ3v) is 5.03. The van der Waals surface area contributed by atoms with E-state index in [9.17, 15) is 9.59 Å². The third-order valence-electron chi connectivity index (χ3n) is 5.03. The van der Waals surface area contributed by atoms with Crippen LogP contribution < -0.4 is 0 Å². The number of aromatic amines is 1. The van der Waals surface area contributed by atoms with Crippen molar-refractivity contribution in [3.8, 4) is 0 Å². The van der Waals surface area contributed by atoms with Crippen molar-refractivity contribution in [3.05, 3.63) is 11.6 Å². The van der Waals surface area contributed by atoms with Crippen molar-refractivity contribution in [1.29, 1.82) is 0 Å². The van der Waals surface area contributed by atoms with E-state index in [-0.39, 0.29) is 24.0 Å². The molecule has 138 valence electrons. The molecule has 0 aliphatic carbocycles. The monoisotopic (exact) mass is 349 g/mol. The third kappa shape index (κ3) is 4.18. The zero-order valence-corrected chi connectivity index (χ0v) is 15.0. The molecule has 1 N–H and O–H groups in total. The van der Waals surface area contributed by atoms with Gasteiger partial charge in [0.25, 0.3) is 0 Å². The maximum absolute atomic E-state index is 12.8. The lowest BCUT2D eigenvalue weighted by Crippen LogP contribution is -2.48. The molecule has 2 aliphatic heterocycles. The van der Waals surface area contributed by atoms with E-state index in [2.05, 4.69) is 15.2 Å². The lowest BCUT2D eigenvalue weighted by Gasteiger charge is -2.37. The van der Waals surface area contributed by atoms with Gasteiger partial charge >= 0.3 is 0 Å². The van der Waals surface area contributed by atoms with E-state index < -0.39 is 0 Å². The number of hydrogen-bond donors (Lipinski definition) is 1. The molecule has 3 rings (SSSR count). The summed E-state index contributed by atoms with van der Waals surface area (Å²) in [4.78, 5) is 32.6. The molecule has 2 fully saturated rings. The Morgan fingerprint density at radius 2 is 2.16 bits per heavy atom. The predicted molar refractivity (Wildman–Crippen MR) is 90.7 cm³/mol. The van der Waals surface area contributed by atoms with Gasteiger partial charge in [-0.15, -0.1) is 0 Å². The maximum Gasteiger partial charge on any atom is 0.224 e. The smallest absolute Gasteiger partial charge is 0.224 e. The number of amides is 2. The van der Waals surface area contributed by atoms with Crippen LogP contribution in [-0.2, 0) is 20.7 Å². The van der Waals surface area contributed by atoms with Crippen molar-refractivity contribution in [2.24, 2.45) is 0 Å². The highest BCUT2D eigenvalue weighted by Gasteiger charge is 2.32. The van der Waals surface area contributed by atoms with Gasteiger partial charge in [-0.3, -0.25) is 14.7 Å². The zero-order chi connectivity index (χ0) is 17.8. The molecule has 3 heterocycles. The Morgan fingerprint density at radius 3 is 2.88 bits per heavy atom. The number of H-pyrrole nitrogens is 1. The Labute approximate surface area is 147 Å². The second-order valence-corrected chi connectivity index (χ2v) is 6.76. The summed E-state index contributed by atoms with van der Waals surface area (Å²) in [6.45, 7) is 5.87. The first-order chi connectivity index (χ1) is 12.1. The van der Waals surface area contributed by atoms with Crippen LogP contribution in [0.15, 0.2) is 0 Å². The largest absolute Gasteiger partial charge is 0.366 e. The minimum absolute atomic E-state index is 0.0234. The predicted octanol–water partition coefficient (Wildman–Crippen LogP) is 1.06. The number of piperidine rings is 1. The highest BCUT2D eigenvalue weighted by atomic mass is 16.5. The Hall–Kier alpha value is -1.96. The van der Waals surface area contributed by atoms with E-state index in [0.29, 0.717) is 31.9 Å². The number of likely N-dealkylation sites (tertiary alicyclic amines) is 1. The molecule has 25 heavy (non-hydrogen) atoms. The summed E-state index contributed by atoms with van der Waals surface area (Å²) in [5, 5.41) is 7.10. The summed E-state index contributed by atoms with van der Waals surface area (Å²) in [7, 11) is 0. The molecule has 0 radical (unpaired) electrons. The van der Waals surface area contributed by atoms with Crippen molar-refractivity contribution in [2.75, 3.05) is 26.2 Å². The molecule has 2 saturated heterocycles. The molecule has 2 atom stereocenters. The van der Waals surface area contributed by atoms with Gasteiger partial charge in [-0.05, 0) is 19.3 Å². The molecule has 0 saturated carbocycles. The van der Waals surface area contributed by atoms with Crippen LogP contribution in [0, 0.1) is 0 Å². The van der Waals surface area contributed by atoms with Gasteiger partial charge in [0, 0.05) is 38.9 Å².